The fourth-order valence-electron chi connectivity index (χ4n) is 3.48. The molecular formula is C17H21N3O2S. The van der Waals surface area contributed by atoms with E-state index in [9.17, 15) is 10.1 Å². The van der Waals surface area contributed by atoms with Crippen LogP contribution in [0.1, 0.15) is 31.2 Å². The first-order chi connectivity index (χ1) is 11.1. The molecule has 1 aromatic rings. The van der Waals surface area contributed by atoms with E-state index in [-0.39, 0.29) is 16.1 Å². The topological polar surface area (TPSA) is 58.7 Å². The maximum absolute atomic E-state index is 10.9. The summed E-state index contributed by atoms with van der Waals surface area (Å²) in [6.45, 7) is 6.56. The van der Waals surface area contributed by atoms with E-state index in [0.717, 1.165) is 28.7 Å². The normalized spacial score (nSPS) is 21.3. The Morgan fingerprint density at radius 1 is 1.48 bits per heavy atom. The molecule has 122 valence electrons. The summed E-state index contributed by atoms with van der Waals surface area (Å²) >= 11 is 1.79. The highest BCUT2D eigenvalue weighted by molar-refractivity contribution is 8.14. The number of aryl methyl sites for hydroxylation is 1. The molecule has 0 aromatic heterocycles. The van der Waals surface area contributed by atoms with Gasteiger partial charge in [-0.05, 0) is 31.4 Å². The number of nitro groups is 1. The van der Waals surface area contributed by atoms with Crippen LogP contribution in [-0.2, 0) is 0 Å². The van der Waals surface area contributed by atoms with Gasteiger partial charge in [-0.25, -0.2) is 4.99 Å². The number of hydrogen-bond acceptors (Lipinski definition) is 4. The molecule has 0 amide bonds. The summed E-state index contributed by atoms with van der Waals surface area (Å²) in [6, 6.07) is 4.85. The minimum Gasteiger partial charge on any atom is -0.341 e. The lowest BCUT2D eigenvalue weighted by Crippen LogP contribution is -2.45. The molecule has 2 fully saturated rings. The highest BCUT2D eigenvalue weighted by Gasteiger charge is 2.45. The number of aliphatic imine (C=N–C) groups is 1. The van der Waals surface area contributed by atoms with Crippen LogP contribution in [0.3, 0.4) is 0 Å². The smallest absolute Gasteiger partial charge is 0.269 e. The molecule has 0 radical (unpaired) electrons. The second kappa shape index (κ2) is 6.35. The van der Waals surface area contributed by atoms with Crippen molar-refractivity contribution in [1.82, 2.24) is 4.90 Å². The van der Waals surface area contributed by atoms with Gasteiger partial charge >= 0.3 is 0 Å². The molecule has 1 aliphatic heterocycles. The third-order valence-electron chi connectivity index (χ3n) is 4.73. The van der Waals surface area contributed by atoms with E-state index >= 15 is 0 Å². The SMILES string of the molecule is C=CCN1C(=Nc2ccc([N+](=O)[O-])cc2C)SCC12CCCC2. The first-order valence-corrected chi connectivity index (χ1v) is 8.89. The second-order valence-electron chi connectivity index (χ2n) is 6.24. The van der Waals surface area contributed by atoms with Crippen molar-refractivity contribution in [1.29, 1.82) is 0 Å². The fraction of sp³-hybridized carbons (Fsp3) is 0.471. The molecule has 1 saturated heterocycles. The maximum Gasteiger partial charge on any atom is 0.269 e. The standard InChI is InChI=1S/C17H21N3O2S/c1-3-10-19-16(23-12-17(19)8-4-5-9-17)18-15-7-6-14(20(21)22)11-13(15)2/h3,6-7,11H,1,4-5,8-10,12H2,2H3. The van der Waals surface area contributed by atoms with E-state index in [4.69, 9.17) is 4.99 Å². The molecule has 1 heterocycles. The number of hydrogen-bond donors (Lipinski definition) is 0. The van der Waals surface area contributed by atoms with Gasteiger partial charge in [0.1, 0.15) is 0 Å². The third kappa shape index (κ3) is 3.00. The van der Waals surface area contributed by atoms with Crippen LogP contribution in [0.4, 0.5) is 11.4 Å². The molecule has 2 aliphatic rings. The van der Waals surface area contributed by atoms with Crippen LogP contribution < -0.4 is 0 Å². The maximum atomic E-state index is 10.9. The lowest BCUT2D eigenvalue weighted by Gasteiger charge is -2.34. The van der Waals surface area contributed by atoms with Gasteiger partial charge in [-0.3, -0.25) is 10.1 Å². The number of rotatable bonds is 4. The molecule has 1 saturated carbocycles. The molecule has 3 rings (SSSR count). The zero-order valence-electron chi connectivity index (χ0n) is 13.3. The van der Waals surface area contributed by atoms with Crippen molar-refractivity contribution in [2.24, 2.45) is 4.99 Å². The van der Waals surface area contributed by atoms with Gasteiger partial charge in [0, 0.05) is 24.4 Å². The summed E-state index contributed by atoms with van der Waals surface area (Å²) in [4.78, 5) is 17.7. The average Bonchev–Trinajstić information content (AvgIpc) is 3.12. The van der Waals surface area contributed by atoms with E-state index in [1.54, 1.807) is 23.9 Å². The van der Waals surface area contributed by atoms with Crippen LogP contribution in [0, 0.1) is 17.0 Å². The van der Waals surface area contributed by atoms with E-state index in [0.29, 0.717) is 0 Å². The predicted octanol–water partition coefficient (Wildman–Crippen LogP) is 4.44. The average molecular weight is 331 g/mol. The summed E-state index contributed by atoms with van der Waals surface area (Å²) in [5.41, 5.74) is 1.98. The molecule has 0 N–H and O–H groups in total. The highest BCUT2D eigenvalue weighted by Crippen LogP contribution is 2.45. The van der Waals surface area contributed by atoms with Crippen molar-refractivity contribution >= 4 is 28.3 Å². The summed E-state index contributed by atoms with van der Waals surface area (Å²) in [5, 5.41) is 11.9. The van der Waals surface area contributed by atoms with Gasteiger partial charge in [0.05, 0.1) is 16.1 Å². The minimum atomic E-state index is -0.369. The Kier molecular flexibility index (Phi) is 4.43. The van der Waals surface area contributed by atoms with Crippen LogP contribution in [0.15, 0.2) is 35.8 Å². The molecule has 0 atom stereocenters. The first-order valence-electron chi connectivity index (χ1n) is 7.91. The number of benzene rings is 1. The zero-order valence-corrected chi connectivity index (χ0v) is 14.1. The number of amidine groups is 1. The Labute approximate surface area is 140 Å². The number of thioether (sulfide) groups is 1. The number of nitrogens with zero attached hydrogens (tertiary/aromatic N) is 3. The van der Waals surface area contributed by atoms with Crippen LogP contribution in [-0.4, -0.2) is 32.8 Å². The van der Waals surface area contributed by atoms with E-state index in [1.165, 1.54) is 31.7 Å². The van der Waals surface area contributed by atoms with Gasteiger partial charge in [-0.1, -0.05) is 30.7 Å². The van der Waals surface area contributed by atoms with Crippen LogP contribution in [0.25, 0.3) is 0 Å². The Morgan fingerprint density at radius 3 is 2.83 bits per heavy atom. The quantitative estimate of drug-likeness (QED) is 0.465. The van der Waals surface area contributed by atoms with Gasteiger partial charge in [-0.15, -0.1) is 6.58 Å². The number of non-ortho nitro benzene ring substituents is 1. The Hall–Kier alpha value is -1.82. The van der Waals surface area contributed by atoms with E-state index in [1.807, 2.05) is 13.0 Å². The molecule has 0 unspecified atom stereocenters. The van der Waals surface area contributed by atoms with Crippen LogP contribution in [0.5, 0.6) is 0 Å². The van der Waals surface area contributed by atoms with Crippen LogP contribution >= 0.6 is 11.8 Å². The van der Waals surface area contributed by atoms with Gasteiger partial charge < -0.3 is 4.90 Å². The molecule has 1 aliphatic carbocycles. The summed E-state index contributed by atoms with van der Waals surface area (Å²) in [7, 11) is 0. The summed E-state index contributed by atoms with van der Waals surface area (Å²) in [5.74, 6) is 1.08. The van der Waals surface area contributed by atoms with Gasteiger partial charge in [0.15, 0.2) is 5.17 Å². The van der Waals surface area contributed by atoms with Gasteiger partial charge in [-0.2, -0.15) is 0 Å². The van der Waals surface area contributed by atoms with Crippen molar-refractivity contribution in [2.45, 2.75) is 38.1 Å². The highest BCUT2D eigenvalue weighted by atomic mass is 32.2. The van der Waals surface area contributed by atoms with Gasteiger partial charge in [0.25, 0.3) is 5.69 Å². The molecule has 6 heteroatoms. The lowest BCUT2D eigenvalue weighted by atomic mass is 9.98. The number of nitro benzene ring substituents is 1. The van der Waals surface area contributed by atoms with Crippen molar-refractivity contribution in [3.8, 4) is 0 Å². The van der Waals surface area contributed by atoms with Crippen molar-refractivity contribution in [3.05, 3.63) is 46.5 Å². The monoisotopic (exact) mass is 331 g/mol. The van der Waals surface area contributed by atoms with Crippen LogP contribution in [0.2, 0.25) is 0 Å². The lowest BCUT2D eigenvalue weighted by molar-refractivity contribution is -0.384. The molecular weight excluding hydrogens is 310 g/mol. The van der Waals surface area contributed by atoms with Crippen molar-refractivity contribution in [3.63, 3.8) is 0 Å². The van der Waals surface area contributed by atoms with E-state index < -0.39 is 0 Å². The summed E-state index contributed by atoms with van der Waals surface area (Å²) in [6.07, 6.45) is 6.92. The molecule has 0 bridgehead atoms. The third-order valence-corrected chi connectivity index (χ3v) is 5.98. The first kappa shape index (κ1) is 16.1. The Morgan fingerprint density at radius 2 is 2.22 bits per heavy atom. The zero-order chi connectivity index (χ0) is 16.4. The van der Waals surface area contributed by atoms with Gasteiger partial charge in [0.2, 0.25) is 0 Å². The Bertz CT molecular complexity index is 666. The predicted molar refractivity (Wildman–Crippen MR) is 95.5 cm³/mol. The van der Waals surface area contributed by atoms with Crippen molar-refractivity contribution in [2.75, 3.05) is 12.3 Å². The largest absolute Gasteiger partial charge is 0.341 e. The van der Waals surface area contributed by atoms with Crippen molar-refractivity contribution < 1.29 is 4.92 Å². The molecule has 5 nitrogen and oxygen atoms in total. The van der Waals surface area contributed by atoms with E-state index in [2.05, 4.69) is 11.5 Å². The second-order valence-corrected chi connectivity index (χ2v) is 7.18. The molecule has 23 heavy (non-hydrogen) atoms. The molecule has 1 spiro atoms. The summed E-state index contributed by atoms with van der Waals surface area (Å²) < 4.78 is 0. The molecule has 1 aromatic carbocycles. The Balaban J connectivity index is 1.92. The fourth-order valence-corrected chi connectivity index (χ4v) is 4.91. The minimum absolute atomic E-state index is 0.112.